The number of allylic oxidation sites excluding steroid dienone is 2. The third-order valence-corrected chi connectivity index (χ3v) is 3.36. The van der Waals surface area contributed by atoms with E-state index in [0.29, 0.717) is 6.42 Å². The van der Waals surface area contributed by atoms with E-state index in [1.807, 2.05) is 49.4 Å². The summed E-state index contributed by atoms with van der Waals surface area (Å²) in [5, 5.41) is 0. The highest BCUT2D eigenvalue weighted by Crippen LogP contribution is 2.21. The van der Waals surface area contributed by atoms with Crippen molar-refractivity contribution in [2.24, 2.45) is 5.73 Å². The first kappa shape index (κ1) is 14.1. The molecule has 20 heavy (non-hydrogen) atoms. The van der Waals surface area contributed by atoms with Crippen LogP contribution in [0, 0.1) is 0 Å². The molecule has 4 nitrogen and oxygen atoms in total. The number of benzene rings is 1. The molecule has 1 aliphatic heterocycles. The topological polar surface area (TPSA) is 63.4 Å². The van der Waals surface area contributed by atoms with Gasteiger partial charge in [-0.05, 0) is 23.6 Å². The molecule has 0 bridgehead atoms. The van der Waals surface area contributed by atoms with Crippen LogP contribution in [0.25, 0.3) is 5.57 Å². The van der Waals surface area contributed by atoms with Crippen molar-refractivity contribution in [2.45, 2.75) is 25.8 Å². The van der Waals surface area contributed by atoms with E-state index >= 15 is 0 Å². The number of rotatable bonds is 4. The molecule has 0 saturated heterocycles. The van der Waals surface area contributed by atoms with Crippen molar-refractivity contribution in [3.63, 3.8) is 0 Å². The molecule has 2 N–H and O–H groups in total. The van der Waals surface area contributed by atoms with Gasteiger partial charge < -0.3 is 10.6 Å². The second-order valence-corrected chi connectivity index (χ2v) is 4.67. The zero-order chi connectivity index (χ0) is 14.5. The summed E-state index contributed by atoms with van der Waals surface area (Å²) in [6, 6.07) is 9.24. The van der Waals surface area contributed by atoms with Gasteiger partial charge in [-0.2, -0.15) is 0 Å². The number of amides is 2. The number of nitrogens with two attached hydrogens (primary N) is 1. The van der Waals surface area contributed by atoms with Crippen LogP contribution in [0.1, 0.15) is 25.3 Å². The van der Waals surface area contributed by atoms with Gasteiger partial charge in [0, 0.05) is 12.6 Å². The van der Waals surface area contributed by atoms with E-state index < -0.39 is 11.9 Å². The summed E-state index contributed by atoms with van der Waals surface area (Å²) >= 11 is 0. The first-order valence-corrected chi connectivity index (χ1v) is 6.67. The lowest BCUT2D eigenvalue weighted by molar-refractivity contribution is -0.135. The minimum Gasteiger partial charge on any atom is -0.368 e. The van der Waals surface area contributed by atoms with Gasteiger partial charge >= 0.3 is 0 Å². The van der Waals surface area contributed by atoms with Crippen molar-refractivity contribution < 1.29 is 9.59 Å². The van der Waals surface area contributed by atoms with Crippen LogP contribution in [-0.2, 0) is 9.59 Å². The number of nitrogens with zero attached hydrogens (tertiary/aromatic N) is 1. The molecule has 0 spiro atoms. The summed E-state index contributed by atoms with van der Waals surface area (Å²) in [6.07, 6.45) is 6.16. The van der Waals surface area contributed by atoms with Crippen molar-refractivity contribution in [1.29, 1.82) is 0 Å². The normalized spacial score (nSPS) is 16.6. The maximum atomic E-state index is 12.1. The first-order valence-electron chi connectivity index (χ1n) is 6.67. The molecule has 2 rings (SSSR count). The van der Waals surface area contributed by atoms with Crippen molar-refractivity contribution in [3.05, 3.63) is 54.2 Å². The Hall–Kier alpha value is -2.36. The quantitative estimate of drug-likeness (QED) is 0.910. The van der Waals surface area contributed by atoms with Gasteiger partial charge in [0.15, 0.2) is 0 Å². The molecular weight excluding hydrogens is 252 g/mol. The minimum absolute atomic E-state index is 0.113. The van der Waals surface area contributed by atoms with Gasteiger partial charge in [0.25, 0.3) is 0 Å². The molecule has 2 amide bonds. The van der Waals surface area contributed by atoms with Crippen LogP contribution in [0.4, 0.5) is 0 Å². The first-order chi connectivity index (χ1) is 9.63. The lowest BCUT2D eigenvalue weighted by Gasteiger charge is -2.24. The van der Waals surface area contributed by atoms with Gasteiger partial charge in [0.1, 0.15) is 6.04 Å². The molecule has 0 radical (unpaired) electrons. The minimum atomic E-state index is -0.581. The summed E-state index contributed by atoms with van der Waals surface area (Å²) in [4.78, 5) is 25.0. The molecule has 104 valence electrons. The Morgan fingerprint density at radius 1 is 1.35 bits per heavy atom. The number of carbonyl (C=O) groups is 2. The van der Waals surface area contributed by atoms with E-state index in [4.69, 9.17) is 5.73 Å². The highest BCUT2D eigenvalue weighted by atomic mass is 16.2. The van der Waals surface area contributed by atoms with Gasteiger partial charge in [0.05, 0.1) is 0 Å². The monoisotopic (exact) mass is 270 g/mol. The van der Waals surface area contributed by atoms with Crippen molar-refractivity contribution >= 4 is 17.4 Å². The molecule has 0 saturated carbocycles. The molecule has 0 fully saturated rings. The second kappa shape index (κ2) is 6.19. The highest BCUT2D eigenvalue weighted by Gasteiger charge is 2.25. The standard InChI is InChI=1S/C16H18N2O2/c1-2-14(16(17)20)18-11-10-13(8-9-15(18)19)12-6-4-3-5-7-12/h3-8,10-11,14H,2,9H2,1H3,(H2,17,20). The van der Waals surface area contributed by atoms with E-state index in [9.17, 15) is 9.59 Å². The largest absolute Gasteiger partial charge is 0.368 e. The molecule has 1 unspecified atom stereocenters. The SMILES string of the molecule is CCC(C(N)=O)N1C=CC(c2ccccc2)=CCC1=O. The van der Waals surface area contributed by atoms with E-state index in [1.165, 1.54) is 4.90 Å². The fraction of sp³-hybridized carbons (Fsp3) is 0.250. The average Bonchev–Trinajstić information content (AvgIpc) is 2.64. The summed E-state index contributed by atoms with van der Waals surface area (Å²) in [6.45, 7) is 1.84. The Labute approximate surface area is 118 Å². The summed E-state index contributed by atoms with van der Waals surface area (Å²) in [7, 11) is 0. The summed E-state index contributed by atoms with van der Waals surface area (Å²) in [5.41, 5.74) is 7.37. The molecule has 1 aromatic rings. The molecule has 1 heterocycles. The second-order valence-electron chi connectivity index (χ2n) is 4.67. The van der Waals surface area contributed by atoms with Crippen molar-refractivity contribution in [3.8, 4) is 0 Å². The van der Waals surface area contributed by atoms with Crippen LogP contribution in [0.15, 0.2) is 48.7 Å². The van der Waals surface area contributed by atoms with E-state index in [1.54, 1.807) is 6.20 Å². The van der Waals surface area contributed by atoms with E-state index in [2.05, 4.69) is 0 Å². The lowest BCUT2D eigenvalue weighted by atomic mass is 10.1. The fourth-order valence-electron chi connectivity index (χ4n) is 2.27. The fourth-order valence-corrected chi connectivity index (χ4v) is 2.27. The number of carbonyl (C=O) groups excluding carboxylic acids is 2. The Balaban J connectivity index is 2.27. The zero-order valence-corrected chi connectivity index (χ0v) is 11.5. The molecule has 1 aromatic carbocycles. The van der Waals surface area contributed by atoms with Crippen LogP contribution in [-0.4, -0.2) is 22.8 Å². The van der Waals surface area contributed by atoms with Crippen LogP contribution in [0.5, 0.6) is 0 Å². The Kier molecular flexibility index (Phi) is 4.35. The third kappa shape index (κ3) is 2.96. The van der Waals surface area contributed by atoms with Gasteiger partial charge in [-0.25, -0.2) is 0 Å². The van der Waals surface area contributed by atoms with Gasteiger partial charge in [-0.15, -0.1) is 0 Å². The molecule has 0 aliphatic carbocycles. The Morgan fingerprint density at radius 3 is 2.65 bits per heavy atom. The van der Waals surface area contributed by atoms with Crippen molar-refractivity contribution in [2.75, 3.05) is 0 Å². The average molecular weight is 270 g/mol. The van der Waals surface area contributed by atoms with Crippen molar-refractivity contribution in [1.82, 2.24) is 4.90 Å². The molecular formula is C16H18N2O2. The van der Waals surface area contributed by atoms with Crippen LogP contribution in [0.2, 0.25) is 0 Å². The predicted octanol–water partition coefficient (Wildman–Crippen LogP) is 2.08. The Bertz CT molecular complexity index is 561. The highest BCUT2D eigenvalue weighted by molar-refractivity contribution is 5.90. The predicted molar refractivity (Wildman–Crippen MR) is 78.3 cm³/mol. The van der Waals surface area contributed by atoms with Crippen LogP contribution >= 0.6 is 0 Å². The third-order valence-electron chi connectivity index (χ3n) is 3.36. The summed E-state index contributed by atoms with van der Waals surface area (Å²) in [5.74, 6) is -0.591. The Morgan fingerprint density at radius 2 is 2.05 bits per heavy atom. The number of hydrogen-bond acceptors (Lipinski definition) is 2. The molecule has 4 heteroatoms. The van der Waals surface area contributed by atoms with Gasteiger partial charge in [-0.1, -0.05) is 43.3 Å². The maximum Gasteiger partial charge on any atom is 0.240 e. The molecule has 0 aromatic heterocycles. The lowest BCUT2D eigenvalue weighted by Crippen LogP contribution is -2.44. The van der Waals surface area contributed by atoms with E-state index in [-0.39, 0.29) is 12.3 Å². The van der Waals surface area contributed by atoms with Crippen LogP contribution in [0.3, 0.4) is 0 Å². The van der Waals surface area contributed by atoms with Gasteiger partial charge in [-0.3, -0.25) is 9.59 Å². The van der Waals surface area contributed by atoms with Crippen LogP contribution < -0.4 is 5.73 Å². The zero-order valence-electron chi connectivity index (χ0n) is 11.5. The number of hydrogen-bond donors (Lipinski definition) is 1. The smallest absolute Gasteiger partial charge is 0.240 e. The molecule has 1 aliphatic rings. The maximum absolute atomic E-state index is 12.1. The number of primary amides is 1. The van der Waals surface area contributed by atoms with E-state index in [0.717, 1.165) is 11.1 Å². The summed E-state index contributed by atoms with van der Waals surface area (Å²) < 4.78 is 0. The molecule has 1 atom stereocenters. The van der Waals surface area contributed by atoms with Gasteiger partial charge in [0.2, 0.25) is 11.8 Å².